The van der Waals surface area contributed by atoms with Crippen molar-refractivity contribution in [2.24, 2.45) is 5.41 Å². The SMILES string of the molecule is O=C(O)CC1(CC(=O)N2CC[C@H]3NC(=O)N(c4ccc(Oc5ccccc5)cc4)C(=O)[C@H]32)CCCC1. The highest BCUT2D eigenvalue weighted by atomic mass is 16.5. The molecule has 2 atom stereocenters. The number of hydrogen-bond donors (Lipinski definition) is 2. The molecule has 9 nitrogen and oxygen atoms in total. The molecule has 0 aromatic heterocycles. The van der Waals surface area contributed by atoms with Crippen molar-refractivity contribution in [2.75, 3.05) is 11.4 Å². The van der Waals surface area contributed by atoms with Crippen molar-refractivity contribution in [3.8, 4) is 11.5 Å². The van der Waals surface area contributed by atoms with Crippen LogP contribution in [0.15, 0.2) is 54.6 Å². The molecule has 2 aliphatic heterocycles. The molecule has 5 rings (SSSR count). The van der Waals surface area contributed by atoms with Gasteiger partial charge in [0.2, 0.25) is 5.91 Å². The molecule has 3 aliphatic rings. The highest BCUT2D eigenvalue weighted by Crippen LogP contribution is 2.45. The summed E-state index contributed by atoms with van der Waals surface area (Å²) in [5.74, 6) is -0.351. The van der Waals surface area contributed by atoms with Gasteiger partial charge in [-0.1, -0.05) is 31.0 Å². The quantitative estimate of drug-likeness (QED) is 0.606. The molecule has 9 heteroatoms. The Morgan fingerprint density at radius 2 is 1.64 bits per heavy atom. The Bertz CT molecular complexity index is 1160. The number of benzene rings is 2. The lowest BCUT2D eigenvalue weighted by molar-refractivity contribution is -0.143. The summed E-state index contributed by atoms with van der Waals surface area (Å²) in [6.45, 7) is 0.348. The lowest BCUT2D eigenvalue weighted by Gasteiger charge is -2.38. The maximum atomic E-state index is 13.5. The number of nitrogens with one attached hydrogen (secondary N) is 1. The Labute approximate surface area is 209 Å². The number of hydrogen-bond acceptors (Lipinski definition) is 5. The number of carbonyl (C=O) groups is 4. The minimum atomic E-state index is -0.907. The number of amides is 4. The first kappa shape index (κ1) is 23.8. The second kappa shape index (κ2) is 9.64. The molecule has 2 N–H and O–H groups in total. The van der Waals surface area contributed by atoms with Crippen LogP contribution in [0.5, 0.6) is 11.5 Å². The fraction of sp³-hybridized carbons (Fsp3) is 0.407. The van der Waals surface area contributed by atoms with Crippen LogP contribution in [0.4, 0.5) is 10.5 Å². The third kappa shape index (κ3) is 4.65. The van der Waals surface area contributed by atoms with E-state index in [1.54, 1.807) is 24.3 Å². The highest BCUT2D eigenvalue weighted by molar-refractivity contribution is 6.19. The van der Waals surface area contributed by atoms with Crippen LogP contribution in [0.25, 0.3) is 0 Å². The number of carboxylic acids is 1. The third-order valence-corrected chi connectivity index (χ3v) is 7.49. The number of anilines is 1. The van der Waals surface area contributed by atoms with Crippen LogP contribution in [0.2, 0.25) is 0 Å². The van der Waals surface area contributed by atoms with Crippen LogP contribution in [-0.2, 0) is 14.4 Å². The summed E-state index contributed by atoms with van der Waals surface area (Å²) >= 11 is 0. The van der Waals surface area contributed by atoms with Crippen molar-refractivity contribution in [3.05, 3.63) is 54.6 Å². The summed E-state index contributed by atoms with van der Waals surface area (Å²) in [6.07, 6.45) is 3.74. The summed E-state index contributed by atoms with van der Waals surface area (Å²) in [5.41, 5.74) is -0.176. The Morgan fingerprint density at radius 1 is 0.972 bits per heavy atom. The first-order valence-electron chi connectivity index (χ1n) is 12.3. The average molecular weight is 492 g/mol. The van der Waals surface area contributed by atoms with Gasteiger partial charge in [0.1, 0.15) is 17.5 Å². The van der Waals surface area contributed by atoms with Gasteiger partial charge in [-0.3, -0.25) is 14.4 Å². The average Bonchev–Trinajstić information content (AvgIpc) is 3.47. The van der Waals surface area contributed by atoms with Crippen molar-refractivity contribution in [2.45, 2.75) is 57.0 Å². The number of para-hydroxylation sites is 1. The van der Waals surface area contributed by atoms with Crippen LogP contribution in [0.3, 0.4) is 0 Å². The van der Waals surface area contributed by atoms with Gasteiger partial charge < -0.3 is 20.1 Å². The zero-order valence-corrected chi connectivity index (χ0v) is 19.9. The Kier molecular flexibility index (Phi) is 6.38. The van der Waals surface area contributed by atoms with Crippen LogP contribution in [0, 0.1) is 5.41 Å². The number of likely N-dealkylation sites (tertiary alicyclic amines) is 1. The van der Waals surface area contributed by atoms with E-state index in [-0.39, 0.29) is 18.7 Å². The normalized spacial score (nSPS) is 22.8. The number of imide groups is 1. The fourth-order valence-corrected chi connectivity index (χ4v) is 5.80. The van der Waals surface area contributed by atoms with Crippen molar-refractivity contribution in [3.63, 3.8) is 0 Å². The highest BCUT2D eigenvalue weighted by Gasteiger charge is 2.51. The van der Waals surface area contributed by atoms with Gasteiger partial charge in [-0.25, -0.2) is 9.69 Å². The van der Waals surface area contributed by atoms with E-state index in [2.05, 4.69) is 5.32 Å². The molecule has 1 aliphatic carbocycles. The summed E-state index contributed by atoms with van der Waals surface area (Å²) in [5, 5.41) is 12.3. The topological polar surface area (TPSA) is 116 Å². The van der Waals surface area contributed by atoms with Crippen LogP contribution < -0.4 is 15.0 Å². The maximum absolute atomic E-state index is 13.5. The van der Waals surface area contributed by atoms with E-state index >= 15 is 0 Å². The second-order valence-electron chi connectivity index (χ2n) is 9.91. The Hall–Kier alpha value is -3.88. The molecule has 188 valence electrons. The van der Waals surface area contributed by atoms with Gasteiger partial charge in [0.15, 0.2) is 0 Å². The molecule has 0 spiro atoms. The van der Waals surface area contributed by atoms with Crippen LogP contribution >= 0.6 is 0 Å². The van der Waals surface area contributed by atoms with Gasteiger partial charge >= 0.3 is 12.0 Å². The largest absolute Gasteiger partial charge is 0.481 e. The Morgan fingerprint density at radius 3 is 2.31 bits per heavy atom. The van der Waals surface area contributed by atoms with E-state index in [0.29, 0.717) is 43.0 Å². The van der Waals surface area contributed by atoms with Crippen molar-refractivity contribution < 1.29 is 29.0 Å². The smallest absolute Gasteiger partial charge is 0.329 e. The predicted molar refractivity (Wildman–Crippen MR) is 131 cm³/mol. The number of rotatable bonds is 7. The molecule has 0 bridgehead atoms. The second-order valence-corrected chi connectivity index (χ2v) is 9.91. The first-order chi connectivity index (χ1) is 17.3. The molecule has 4 amide bonds. The summed E-state index contributed by atoms with van der Waals surface area (Å²) in [7, 11) is 0. The van der Waals surface area contributed by atoms with Crippen molar-refractivity contribution in [1.82, 2.24) is 10.2 Å². The molecule has 1 saturated carbocycles. The Balaban J connectivity index is 1.32. The molecule has 36 heavy (non-hydrogen) atoms. The van der Waals surface area contributed by atoms with E-state index < -0.39 is 35.4 Å². The standard InChI is InChI=1S/C27H29N3O6/c31-22(16-27(17-23(32)33)13-4-5-14-27)29-15-12-21-24(29)25(34)30(26(35)28-21)18-8-10-20(11-9-18)36-19-6-2-1-3-7-19/h1-3,6-11,21,24H,4-5,12-17H2,(H,28,35)(H,32,33)/t21-,24+/m1/s1. The monoisotopic (exact) mass is 491 g/mol. The summed E-state index contributed by atoms with van der Waals surface area (Å²) in [6, 6.07) is 14.1. The van der Waals surface area contributed by atoms with Crippen molar-refractivity contribution >= 4 is 29.5 Å². The van der Waals surface area contributed by atoms with E-state index in [1.165, 1.54) is 4.90 Å². The zero-order chi connectivity index (χ0) is 25.3. The molecule has 2 saturated heterocycles. The molecule has 0 unspecified atom stereocenters. The van der Waals surface area contributed by atoms with Gasteiger partial charge in [0.05, 0.1) is 18.2 Å². The molecular formula is C27H29N3O6. The van der Waals surface area contributed by atoms with Crippen LogP contribution in [0.1, 0.15) is 44.9 Å². The summed E-state index contributed by atoms with van der Waals surface area (Å²) in [4.78, 5) is 53.8. The van der Waals surface area contributed by atoms with Gasteiger partial charge in [0.25, 0.3) is 5.91 Å². The number of ether oxygens (including phenoxy) is 1. The van der Waals surface area contributed by atoms with Gasteiger partial charge in [-0.2, -0.15) is 0 Å². The molecular weight excluding hydrogens is 462 g/mol. The minimum Gasteiger partial charge on any atom is -0.481 e. The summed E-state index contributed by atoms with van der Waals surface area (Å²) < 4.78 is 5.79. The first-order valence-corrected chi connectivity index (χ1v) is 12.3. The van der Waals surface area contributed by atoms with E-state index in [1.807, 2.05) is 30.3 Å². The molecule has 2 heterocycles. The lowest BCUT2D eigenvalue weighted by atomic mass is 9.79. The number of urea groups is 1. The molecule has 2 aromatic carbocycles. The van der Waals surface area contributed by atoms with Gasteiger partial charge in [0, 0.05) is 13.0 Å². The van der Waals surface area contributed by atoms with Gasteiger partial charge in [-0.05, 0) is 61.1 Å². The molecule has 3 fully saturated rings. The number of carboxylic acid groups (broad SMARTS) is 1. The minimum absolute atomic E-state index is 0.0467. The lowest BCUT2D eigenvalue weighted by Crippen LogP contribution is -2.65. The number of fused-ring (bicyclic) bond motifs is 1. The molecule has 2 aromatic rings. The fourth-order valence-electron chi connectivity index (χ4n) is 5.80. The third-order valence-electron chi connectivity index (χ3n) is 7.49. The van der Waals surface area contributed by atoms with Crippen LogP contribution in [-0.4, -0.2) is 52.4 Å². The van der Waals surface area contributed by atoms with E-state index in [0.717, 1.165) is 17.7 Å². The molecule has 0 radical (unpaired) electrons. The number of nitrogens with zero attached hydrogens (tertiary/aromatic N) is 2. The van der Waals surface area contributed by atoms with Gasteiger partial charge in [-0.15, -0.1) is 0 Å². The van der Waals surface area contributed by atoms with E-state index in [4.69, 9.17) is 4.74 Å². The predicted octanol–water partition coefficient (Wildman–Crippen LogP) is 3.93. The number of carbonyl (C=O) groups excluding carboxylic acids is 3. The zero-order valence-electron chi connectivity index (χ0n) is 19.9. The van der Waals surface area contributed by atoms with E-state index in [9.17, 15) is 24.3 Å². The van der Waals surface area contributed by atoms with Crippen molar-refractivity contribution in [1.29, 1.82) is 0 Å². The number of aliphatic carboxylic acids is 1. The maximum Gasteiger partial charge on any atom is 0.329 e.